The lowest BCUT2D eigenvalue weighted by atomic mass is 9.92. The average molecular weight is 399 g/mol. The monoisotopic (exact) mass is 398 g/mol. The summed E-state index contributed by atoms with van der Waals surface area (Å²) >= 11 is 0. The molecule has 3 fully saturated rings. The second-order valence-corrected chi connectivity index (χ2v) is 8.71. The number of pyridine rings is 1. The number of piperidine rings is 2. The maximum absolute atomic E-state index is 13.0. The van der Waals surface area contributed by atoms with Gasteiger partial charge in [0.25, 0.3) is 0 Å². The van der Waals surface area contributed by atoms with Gasteiger partial charge in [0.2, 0.25) is 17.7 Å². The highest BCUT2D eigenvalue weighted by Gasteiger charge is 2.38. The zero-order valence-electron chi connectivity index (χ0n) is 17.1. The van der Waals surface area contributed by atoms with E-state index in [0.29, 0.717) is 38.3 Å². The van der Waals surface area contributed by atoms with Crippen LogP contribution in [0.25, 0.3) is 0 Å². The number of carbonyl (C=O) groups is 3. The molecule has 1 N–H and O–H groups in total. The number of anilines is 1. The number of carbonyl (C=O) groups excluding carboxylic acids is 3. The zero-order valence-corrected chi connectivity index (χ0v) is 17.1. The average Bonchev–Trinajstić information content (AvgIpc) is 3.60. The lowest BCUT2D eigenvalue weighted by Crippen LogP contribution is -2.49. The summed E-state index contributed by atoms with van der Waals surface area (Å²) in [7, 11) is 0. The molecule has 1 unspecified atom stereocenters. The van der Waals surface area contributed by atoms with E-state index in [2.05, 4.69) is 10.3 Å². The molecule has 1 aromatic rings. The van der Waals surface area contributed by atoms with E-state index >= 15 is 0 Å². The van der Waals surface area contributed by atoms with Gasteiger partial charge in [-0.1, -0.05) is 6.07 Å². The van der Waals surface area contributed by atoms with Crippen LogP contribution >= 0.6 is 0 Å². The van der Waals surface area contributed by atoms with Gasteiger partial charge in [-0.2, -0.15) is 0 Å². The van der Waals surface area contributed by atoms with E-state index in [0.717, 1.165) is 37.8 Å². The molecule has 3 amide bonds. The number of likely N-dealkylation sites (tertiary alicyclic amines) is 2. The number of rotatable bonds is 4. The zero-order chi connectivity index (χ0) is 20.4. The van der Waals surface area contributed by atoms with Gasteiger partial charge in [-0.15, -0.1) is 0 Å². The van der Waals surface area contributed by atoms with Crippen molar-refractivity contribution >= 4 is 23.5 Å². The highest BCUT2D eigenvalue weighted by molar-refractivity contribution is 5.92. The van der Waals surface area contributed by atoms with Gasteiger partial charge >= 0.3 is 0 Å². The van der Waals surface area contributed by atoms with E-state index < -0.39 is 0 Å². The molecule has 1 atom stereocenters. The fourth-order valence-corrected chi connectivity index (χ4v) is 4.36. The van der Waals surface area contributed by atoms with Crippen molar-refractivity contribution in [1.82, 2.24) is 14.8 Å². The van der Waals surface area contributed by atoms with Crippen LogP contribution in [0, 0.1) is 24.7 Å². The van der Waals surface area contributed by atoms with Crippen molar-refractivity contribution in [3.05, 3.63) is 23.9 Å². The number of nitrogens with one attached hydrogen (secondary N) is 1. The molecule has 2 aliphatic heterocycles. The van der Waals surface area contributed by atoms with E-state index in [4.69, 9.17) is 0 Å². The van der Waals surface area contributed by atoms with Gasteiger partial charge in [0.05, 0.1) is 5.92 Å². The van der Waals surface area contributed by atoms with Crippen LogP contribution in [0.5, 0.6) is 0 Å². The summed E-state index contributed by atoms with van der Waals surface area (Å²) in [6.07, 6.45) is 6.83. The van der Waals surface area contributed by atoms with Gasteiger partial charge < -0.3 is 15.1 Å². The summed E-state index contributed by atoms with van der Waals surface area (Å²) in [5.74, 6) is 0.963. The molecule has 3 aliphatic rings. The Labute approximate surface area is 171 Å². The van der Waals surface area contributed by atoms with Crippen LogP contribution in [0.1, 0.15) is 44.1 Å². The van der Waals surface area contributed by atoms with Gasteiger partial charge in [-0.25, -0.2) is 4.98 Å². The molecule has 1 aromatic heterocycles. The van der Waals surface area contributed by atoms with E-state index in [-0.39, 0.29) is 35.5 Å². The fraction of sp³-hybridized carbons (Fsp3) is 0.636. The largest absolute Gasteiger partial charge is 0.342 e. The second kappa shape index (κ2) is 8.51. The van der Waals surface area contributed by atoms with E-state index in [1.807, 2.05) is 28.9 Å². The van der Waals surface area contributed by atoms with Crippen molar-refractivity contribution in [3.63, 3.8) is 0 Å². The van der Waals surface area contributed by atoms with Gasteiger partial charge in [-0.05, 0) is 57.1 Å². The quantitative estimate of drug-likeness (QED) is 0.843. The molecule has 2 saturated heterocycles. The summed E-state index contributed by atoms with van der Waals surface area (Å²) in [5.41, 5.74) is 1.05. The topological polar surface area (TPSA) is 82.6 Å². The van der Waals surface area contributed by atoms with E-state index in [1.54, 1.807) is 6.20 Å². The Bertz CT molecular complexity index is 767. The van der Waals surface area contributed by atoms with Crippen molar-refractivity contribution in [2.24, 2.45) is 17.8 Å². The first-order valence-corrected chi connectivity index (χ1v) is 10.8. The molecule has 7 heteroatoms. The molecule has 156 valence electrons. The lowest BCUT2D eigenvalue weighted by Gasteiger charge is -2.37. The summed E-state index contributed by atoms with van der Waals surface area (Å²) in [5, 5.41) is 2.88. The third-order valence-electron chi connectivity index (χ3n) is 6.35. The number of aromatic nitrogens is 1. The highest BCUT2D eigenvalue weighted by atomic mass is 16.2. The predicted molar refractivity (Wildman–Crippen MR) is 109 cm³/mol. The molecule has 7 nitrogen and oxygen atoms in total. The summed E-state index contributed by atoms with van der Waals surface area (Å²) in [6, 6.07) is 3.73. The summed E-state index contributed by atoms with van der Waals surface area (Å²) in [6.45, 7) is 4.51. The molecule has 0 spiro atoms. The van der Waals surface area contributed by atoms with E-state index in [1.165, 1.54) is 0 Å². The minimum absolute atomic E-state index is 0.0210. The number of aryl methyl sites for hydroxylation is 1. The Kier molecular flexibility index (Phi) is 5.83. The number of hydrogen-bond donors (Lipinski definition) is 1. The standard InChI is InChI=1S/C22H30N4O3/c1-15-4-7-19(23-13-15)24-20(27)16-8-11-25(12-9-16)22(29)18-3-2-10-26(14-18)21(28)17-5-6-17/h4,7,13,16-18H,2-3,5-6,8-12,14H2,1H3,(H,23,24,27). The van der Waals surface area contributed by atoms with Crippen LogP contribution in [-0.4, -0.2) is 58.7 Å². The molecule has 0 aromatic carbocycles. The minimum atomic E-state index is -0.0959. The van der Waals surface area contributed by atoms with Gasteiger partial charge in [-0.3, -0.25) is 14.4 Å². The van der Waals surface area contributed by atoms with Crippen LogP contribution in [-0.2, 0) is 14.4 Å². The van der Waals surface area contributed by atoms with Crippen LogP contribution in [0.3, 0.4) is 0 Å². The Balaban J connectivity index is 1.26. The number of amides is 3. The Hall–Kier alpha value is -2.44. The third kappa shape index (κ3) is 4.77. The minimum Gasteiger partial charge on any atom is -0.342 e. The van der Waals surface area contributed by atoms with Crippen LogP contribution in [0.2, 0.25) is 0 Å². The Morgan fingerprint density at radius 1 is 0.897 bits per heavy atom. The van der Waals surface area contributed by atoms with Crippen LogP contribution < -0.4 is 5.32 Å². The molecule has 29 heavy (non-hydrogen) atoms. The maximum atomic E-state index is 13.0. The van der Waals surface area contributed by atoms with E-state index in [9.17, 15) is 14.4 Å². The number of hydrogen-bond acceptors (Lipinski definition) is 4. The smallest absolute Gasteiger partial charge is 0.228 e. The van der Waals surface area contributed by atoms with Crippen LogP contribution in [0.15, 0.2) is 18.3 Å². The van der Waals surface area contributed by atoms with Crippen molar-refractivity contribution in [1.29, 1.82) is 0 Å². The second-order valence-electron chi connectivity index (χ2n) is 8.71. The van der Waals surface area contributed by atoms with Gasteiger partial charge in [0.1, 0.15) is 5.82 Å². The fourth-order valence-electron chi connectivity index (χ4n) is 4.36. The third-order valence-corrected chi connectivity index (χ3v) is 6.35. The van der Waals surface area contributed by atoms with Crippen molar-refractivity contribution in [3.8, 4) is 0 Å². The SMILES string of the molecule is Cc1ccc(NC(=O)C2CCN(C(=O)C3CCCN(C(=O)C4CC4)C3)CC2)nc1. The molecule has 0 radical (unpaired) electrons. The molecule has 1 saturated carbocycles. The number of nitrogens with zero attached hydrogens (tertiary/aromatic N) is 3. The van der Waals surface area contributed by atoms with Crippen LogP contribution in [0.4, 0.5) is 5.82 Å². The van der Waals surface area contributed by atoms with Gasteiger partial charge in [0.15, 0.2) is 0 Å². The molecule has 3 heterocycles. The first kappa shape index (κ1) is 19.9. The van der Waals surface area contributed by atoms with Crippen molar-refractivity contribution < 1.29 is 14.4 Å². The predicted octanol–water partition coefficient (Wildman–Crippen LogP) is 2.22. The summed E-state index contributed by atoms with van der Waals surface area (Å²) < 4.78 is 0. The normalized spacial score (nSPS) is 23.0. The van der Waals surface area contributed by atoms with Crippen molar-refractivity contribution in [2.45, 2.75) is 45.4 Å². The van der Waals surface area contributed by atoms with Gasteiger partial charge in [0, 0.05) is 44.2 Å². The molecule has 0 bridgehead atoms. The first-order valence-electron chi connectivity index (χ1n) is 10.8. The molecular formula is C22H30N4O3. The van der Waals surface area contributed by atoms with Crippen molar-refractivity contribution in [2.75, 3.05) is 31.5 Å². The summed E-state index contributed by atoms with van der Waals surface area (Å²) in [4.78, 5) is 45.9. The maximum Gasteiger partial charge on any atom is 0.228 e. The molecule has 4 rings (SSSR count). The first-order chi connectivity index (χ1) is 14.0. The lowest BCUT2D eigenvalue weighted by molar-refractivity contribution is -0.143. The highest BCUT2D eigenvalue weighted by Crippen LogP contribution is 2.33. The molecule has 1 aliphatic carbocycles. The Morgan fingerprint density at radius 3 is 2.28 bits per heavy atom. The Morgan fingerprint density at radius 2 is 1.62 bits per heavy atom. The molecular weight excluding hydrogens is 368 g/mol.